The molecule has 0 bridgehead atoms. The third-order valence-electron chi connectivity index (χ3n) is 2.46. The van der Waals surface area contributed by atoms with E-state index in [4.69, 9.17) is 11.6 Å². The van der Waals surface area contributed by atoms with Crippen LogP contribution in [0.4, 0.5) is 5.82 Å². The number of hydrogen-bond donors (Lipinski definition) is 2. The smallest absolute Gasteiger partial charge is 0.224 e. The molecule has 2 aromatic heterocycles. The summed E-state index contributed by atoms with van der Waals surface area (Å²) in [7, 11) is 0. The van der Waals surface area contributed by atoms with Crippen LogP contribution in [0.2, 0.25) is 5.28 Å². The summed E-state index contributed by atoms with van der Waals surface area (Å²) in [5, 5.41) is 10.8. The zero-order valence-corrected chi connectivity index (χ0v) is 10.0. The Balaban J connectivity index is 1.95. The van der Waals surface area contributed by atoms with Crippen LogP contribution >= 0.6 is 11.6 Å². The molecule has 6 nitrogen and oxygen atoms in total. The zero-order valence-electron chi connectivity index (χ0n) is 9.26. The van der Waals surface area contributed by atoms with Crippen LogP contribution in [0.3, 0.4) is 0 Å². The van der Waals surface area contributed by atoms with Crippen molar-refractivity contribution in [1.82, 2.24) is 25.1 Å². The number of nitrogens with one attached hydrogen (secondary N) is 2. The second kappa shape index (κ2) is 4.58. The van der Waals surface area contributed by atoms with Gasteiger partial charge in [0.15, 0.2) is 0 Å². The zero-order chi connectivity index (χ0) is 12.4. The first-order valence-electron chi connectivity index (χ1n) is 5.33. The van der Waals surface area contributed by atoms with Crippen molar-refractivity contribution in [2.24, 2.45) is 0 Å². The summed E-state index contributed by atoms with van der Waals surface area (Å²) in [5.74, 6) is 1.41. The van der Waals surface area contributed by atoms with Gasteiger partial charge in [-0.05, 0) is 23.7 Å². The standard InChI is InChI=1S/C11H9ClN6/c12-11-16-8-4-2-1-3-7(8)10(17-11)13-5-9-14-6-15-18-9/h1-4,6H,5H2,(H,13,16,17)(H,14,15,18). The summed E-state index contributed by atoms with van der Waals surface area (Å²) in [6.45, 7) is 0.497. The molecule has 0 saturated heterocycles. The van der Waals surface area contributed by atoms with Crippen LogP contribution in [0, 0.1) is 0 Å². The lowest BCUT2D eigenvalue weighted by atomic mass is 10.2. The Bertz CT molecular complexity index is 666. The molecule has 7 heteroatoms. The van der Waals surface area contributed by atoms with E-state index in [2.05, 4.69) is 30.5 Å². The Morgan fingerprint density at radius 3 is 2.94 bits per heavy atom. The van der Waals surface area contributed by atoms with Gasteiger partial charge in [0.25, 0.3) is 0 Å². The van der Waals surface area contributed by atoms with Gasteiger partial charge >= 0.3 is 0 Å². The molecule has 0 saturated carbocycles. The first kappa shape index (κ1) is 10.9. The number of fused-ring (bicyclic) bond motifs is 1. The van der Waals surface area contributed by atoms with E-state index in [0.717, 1.165) is 16.7 Å². The Hall–Kier alpha value is -2.21. The molecule has 2 N–H and O–H groups in total. The number of hydrogen-bond acceptors (Lipinski definition) is 5. The Morgan fingerprint density at radius 1 is 1.22 bits per heavy atom. The van der Waals surface area contributed by atoms with Crippen molar-refractivity contribution >= 4 is 28.3 Å². The number of rotatable bonds is 3. The first-order chi connectivity index (χ1) is 8.83. The highest BCUT2D eigenvalue weighted by molar-refractivity contribution is 6.28. The molecule has 0 aliphatic rings. The third-order valence-corrected chi connectivity index (χ3v) is 2.63. The molecule has 3 aromatic rings. The van der Waals surface area contributed by atoms with Crippen LogP contribution in [0.5, 0.6) is 0 Å². The van der Waals surface area contributed by atoms with Crippen LogP contribution < -0.4 is 5.32 Å². The summed E-state index contributed by atoms with van der Waals surface area (Å²) in [5.41, 5.74) is 0.803. The largest absolute Gasteiger partial charge is 0.362 e. The van der Waals surface area contributed by atoms with E-state index in [1.54, 1.807) is 0 Å². The van der Waals surface area contributed by atoms with Gasteiger partial charge in [-0.2, -0.15) is 5.10 Å². The summed E-state index contributed by atoms with van der Waals surface area (Å²) in [4.78, 5) is 12.4. The molecular weight excluding hydrogens is 252 g/mol. The number of H-pyrrole nitrogens is 1. The Kier molecular flexibility index (Phi) is 2.77. The molecule has 18 heavy (non-hydrogen) atoms. The minimum Gasteiger partial charge on any atom is -0.362 e. The van der Waals surface area contributed by atoms with Gasteiger partial charge in [-0.1, -0.05) is 12.1 Å². The lowest BCUT2D eigenvalue weighted by Crippen LogP contribution is -2.04. The van der Waals surface area contributed by atoms with Gasteiger partial charge in [0.05, 0.1) is 12.1 Å². The monoisotopic (exact) mass is 260 g/mol. The molecule has 0 fully saturated rings. The molecule has 2 heterocycles. The minimum absolute atomic E-state index is 0.216. The minimum atomic E-state index is 0.216. The lowest BCUT2D eigenvalue weighted by molar-refractivity contribution is 0.948. The quantitative estimate of drug-likeness (QED) is 0.704. The number of para-hydroxylation sites is 1. The van der Waals surface area contributed by atoms with Gasteiger partial charge in [0.1, 0.15) is 18.0 Å². The summed E-state index contributed by atoms with van der Waals surface area (Å²) in [6.07, 6.45) is 1.46. The topological polar surface area (TPSA) is 79.4 Å². The molecule has 0 amide bonds. The first-order valence-corrected chi connectivity index (χ1v) is 5.71. The van der Waals surface area contributed by atoms with Crippen molar-refractivity contribution < 1.29 is 0 Å². The normalized spacial score (nSPS) is 10.7. The van der Waals surface area contributed by atoms with Crippen molar-refractivity contribution in [2.75, 3.05) is 5.32 Å². The maximum absolute atomic E-state index is 5.89. The highest BCUT2D eigenvalue weighted by Crippen LogP contribution is 2.21. The molecule has 0 aliphatic heterocycles. The van der Waals surface area contributed by atoms with Gasteiger partial charge in [0, 0.05) is 5.39 Å². The van der Waals surface area contributed by atoms with Gasteiger partial charge in [-0.3, -0.25) is 5.10 Å². The molecule has 1 aromatic carbocycles. The average molecular weight is 261 g/mol. The van der Waals surface area contributed by atoms with Crippen LogP contribution in [-0.4, -0.2) is 25.1 Å². The lowest BCUT2D eigenvalue weighted by Gasteiger charge is -2.07. The van der Waals surface area contributed by atoms with Crippen LogP contribution in [0.15, 0.2) is 30.6 Å². The van der Waals surface area contributed by atoms with Gasteiger partial charge < -0.3 is 5.32 Å². The second-order valence-electron chi connectivity index (χ2n) is 3.64. The number of anilines is 1. The summed E-state index contributed by atoms with van der Waals surface area (Å²) in [6, 6.07) is 7.67. The average Bonchev–Trinajstić information content (AvgIpc) is 2.89. The van der Waals surface area contributed by atoms with Crippen LogP contribution in [-0.2, 0) is 6.54 Å². The molecule has 0 atom stereocenters. The van der Waals surface area contributed by atoms with Crippen molar-refractivity contribution in [2.45, 2.75) is 6.54 Å². The van der Waals surface area contributed by atoms with E-state index < -0.39 is 0 Å². The molecule has 0 unspecified atom stereocenters. The van der Waals surface area contributed by atoms with E-state index >= 15 is 0 Å². The molecule has 0 spiro atoms. The number of aromatic amines is 1. The van der Waals surface area contributed by atoms with Crippen LogP contribution in [0.25, 0.3) is 10.9 Å². The van der Waals surface area contributed by atoms with Gasteiger partial charge in [-0.15, -0.1) is 0 Å². The molecule has 90 valence electrons. The molecule has 0 radical (unpaired) electrons. The summed E-state index contributed by atoms with van der Waals surface area (Å²) < 4.78 is 0. The van der Waals surface area contributed by atoms with Gasteiger partial charge in [-0.25, -0.2) is 15.0 Å². The predicted octanol–water partition coefficient (Wildman–Crippen LogP) is 2.01. The second-order valence-corrected chi connectivity index (χ2v) is 3.98. The Morgan fingerprint density at radius 2 is 2.11 bits per heavy atom. The van der Waals surface area contributed by atoms with Crippen molar-refractivity contribution in [3.63, 3.8) is 0 Å². The number of benzene rings is 1. The summed E-state index contributed by atoms with van der Waals surface area (Å²) >= 11 is 5.89. The van der Waals surface area contributed by atoms with Crippen LogP contribution in [0.1, 0.15) is 5.82 Å². The highest BCUT2D eigenvalue weighted by Gasteiger charge is 2.06. The Labute approximate surface area is 107 Å². The van der Waals surface area contributed by atoms with E-state index in [-0.39, 0.29) is 5.28 Å². The van der Waals surface area contributed by atoms with Gasteiger partial charge in [0.2, 0.25) is 5.28 Å². The fourth-order valence-corrected chi connectivity index (χ4v) is 1.84. The number of aromatic nitrogens is 5. The van der Waals surface area contributed by atoms with Crippen molar-refractivity contribution in [3.05, 3.63) is 41.7 Å². The fourth-order valence-electron chi connectivity index (χ4n) is 1.67. The van der Waals surface area contributed by atoms with E-state index in [1.807, 2.05) is 24.3 Å². The SMILES string of the molecule is Clc1nc(NCc2ncn[nH]2)c2ccccc2n1. The van der Waals surface area contributed by atoms with E-state index in [1.165, 1.54) is 6.33 Å². The fraction of sp³-hybridized carbons (Fsp3) is 0.0909. The maximum Gasteiger partial charge on any atom is 0.224 e. The number of nitrogens with zero attached hydrogens (tertiary/aromatic N) is 4. The van der Waals surface area contributed by atoms with E-state index in [9.17, 15) is 0 Å². The third kappa shape index (κ3) is 2.10. The van der Waals surface area contributed by atoms with Crippen molar-refractivity contribution in [1.29, 1.82) is 0 Å². The van der Waals surface area contributed by atoms with E-state index in [0.29, 0.717) is 12.4 Å². The predicted molar refractivity (Wildman–Crippen MR) is 68.3 cm³/mol. The molecular formula is C11H9ClN6. The number of halogens is 1. The maximum atomic E-state index is 5.89. The highest BCUT2D eigenvalue weighted by atomic mass is 35.5. The molecule has 0 aliphatic carbocycles. The van der Waals surface area contributed by atoms with Crippen molar-refractivity contribution in [3.8, 4) is 0 Å². The molecule has 3 rings (SSSR count).